The fraction of sp³-hybridized carbons (Fsp3) is 0.381. The molecule has 2 aliphatic rings. The average Bonchev–Trinajstić information content (AvgIpc) is 3.35. The van der Waals surface area contributed by atoms with Crippen molar-refractivity contribution >= 4 is 5.91 Å². The van der Waals surface area contributed by atoms with Crippen molar-refractivity contribution in [2.75, 3.05) is 33.2 Å². The van der Waals surface area contributed by atoms with Crippen molar-refractivity contribution in [1.82, 2.24) is 9.80 Å². The maximum absolute atomic E-state index is 12.0. The molecule has 24 heavy (non-hydrogen) atoms. The van der Waals surface area contributed by atoms with Gasteiger partial charge in [-0.1, -0.05) is 60.7 Å². The second-order valence-electron chi connectivity index (χ2n) is 7.15. The molecule has 3 heteroatoms. The topological polar surface area (TPSA) is 23.6 Å². The largest absolute Gasteiger partial charge is 0.343 e. The normalized spacial score (nSPS) is 23.3. The Labute approximate surface area is 143 Å². The van der Waals surface area contributed by atoms with Gasteiger partial charge in [0.05, 0.1) is 6.54 Å². The highest BCUT2D eigenvalue weighted by atomic mass is 16.2. The lowest BCUT2D eigenvalue weighted by molar-refractivity contribution is -0.134. The molecule has 124 valence electrons. The fourth-order valence-electron chi connectivity index (χ4n) is 4.17. The van der Waals surface area contributed by atoms with E-state index in [1.165, 1.54) is 17.5 Å². The predicted molar refractivity (Wildman–Crippen MR) is 95.8 cm³/mol. The lowest BCUT2D eigenvalue weighted by Gasteiger charge is -2.32. The molecule has 1 saturated carbocycles. The van der Waals surface area contributed by atoms with Crippen LogP contribution in [0.3, 0.4) is 0 Å². The van der Waals surface area contributed by atoms with Crippen molar-refractivity contribution in [2.24, 2.45) is 5.92 Å². The zero-order valence-electron chi connectivity index (χ0n) is 14.2. The van der Waals surface area contributed by atoms with Crippen LogP contribution in [0, 0.1) is 5.92 Å². The molecule has 2 aromatic carbocycles. The number of hydrogen-bond acceptors (Lipinski definition) is 2. The number of likely N-dealkylation sites (N-methyl/N-ethyl adjacent to an activating group) is 1. The van der Waals surface area contributed by atoms with E-state index in [4.69, 9.17) is 0 Å². The predicted octanol–water partition coefficient (Wildman–Crippen LogP) is 2.77. The van der Waals surface area contributed by atoms with Gasteiger partial charge in [-0.15, -0.1) is 0 Å². The Bertz CT molecular complexity index is 674. The van der Waals surface area contributed by atoms with Gasteiger partial charge in [-0.25, -0.2) is 0 Å². The average molecular weight is 320 g/mol. The van der Waals surface area contributed by atoms with E-state index in [-0.39, 0.29) is 11.3 Å². The maximum atomic E-state index is 12.0. The van der Waals surface area contributed by atoms with Gasteiger partial charge in [-0.05, 0) is 23.5 Å². The summed E-state index contributed by atoms with van der Waals surface area (Å²) in [5, 5.41) is 0. The number of piperazine rings is 1. The second-order valence-corrected chi connectivity index (χ2v) is 7.15. The molecular formula is C21H24N2O. The van der Waals surface area contributed by atoms with E-state index in [1.807, 2.05) is 11.9 Å². The van der Waals surface area contributed by atoms with E-state index >= 15 is 0 Å². The van der Waals surface area contributed by atoms with Crippen LogP contribution in [-0.4, -0.2) is 48.9 Å². The maximum Gasteiger partial charge on any atom is 0.236 e. The summed E-state index contributed by atoms with van der Waals surface area (Å²) < 4.78 is 0. The van der Waals surface area contributed by atoms with Gasteiger partial charge in [0.2, 0.25) is 5.91 Å². The Balaban J connectivity index is 1.58. The lowest BCUT2D eigenvalue weighted by Crippen LogP contribution is -2.49. The van der Waals surface area contributed by atoms with Crippen molar-refractivity contribution in [1.29, 1.82) is 0 Å². The lowest BCUT2D eigenvalue weighted by atomic mass is 9.85. The van der Waals surface area contributed by atoms with E-state index in [1.54, 1.807) is 0 Å². The van der Waals surface area contributed by atoms with Crippen molar-refractivity contribution < 1.29 is 4.79 Å². The molecule has 1 heterocycles. The Morgan fingerprint density at radius 2 is 1.54 bits per heavy atom. The van der Waals surface area contributed by atoms with Gasteiger partial charge in [0, 0.05) is 32.1 Å². The molecule has 4 rings (SSSR count). The third-order valence-electron chi connectivity index (χ3n) is 5.70. The number of amides is 1. The van der Waals surface area contributed by atoms with Crippen LogP contribution in [-0.2, 0) is 10.2 Å². The molecule has 0 bridgehead atoms. The first-order valence-corrected chi connectivity index (χ1v) is 8.77. The van der Waals surface area contributed by atoms with Crippen LogP contribution in [0.25, 0.3) is 0 Å². The molecular weight excluding hydrogens is 296 g/mol. The van der Waals surface area contributed by atoms with Gasteiger partial charge in [0.15, 0.2) is 0 Å². The molecule has 1 saturated heterocycles. The Kier molecular flexibility index (Phi) is 3.89. The summed E-state index contributed by atoms with van der Waals surface area (Å²) in [5.41, 5.74) is 2.93. The van der Waals surface area contributed by atoms with Crippen LogP contribution < -0.4 is 0 Å². The zero-order valence-corrected chi connectivity index (χ0v) is 14.2. The van der Waals surface area contributed by atoms with Gasteiger partial charge in [-0.2, -0.15) is 0 Å². The summed E-state index contributed by atoms with van der Waals surface area (Å²) in [6.45, 7) is 3.39. The van der Waals surface area contributed by atoms with Gasteiger partial charge in [-0.3, -0.25) is 9.69 Å². The molecule has 0 aromatic heterocycles. The minimum absolute atomic E-state index is 0.120. The van der Waals surface area contributed by atoms with Crippen molar-refractivity contribution in [3.63, 3.8) is 0 Å². The highest BCUT2D eigenvalue weighted by Gasteiger charge is 2.56. The highest BCUT2D eigenvalue weighted by molar-refractivity contribution is 5.78. The highest BCUT2D eigenvalue weighted by Crippen LogP contribution is 2.59. The Morgan fingerprint density at radius 3 is 2.08 bits per heavy atom. The summed E-state index contributed by atoms with van der Waals surface area (Å²) in [5.74, 6) is 0.824. The summed E-state index contributed by atoms with van der Waals surface area (Å²) in [6.07, 6.45) is 1.17. The standard InChI is InChI=1S/C21H24N2O/c1-22-12-13-23(16-20(22)24)15-19-14-21(19,17-8-4-2-5-9-17)18-10-6-3-7-11-18/h2-11,19H,12-16H2,1H3. The van der Waals surface area contributed by atoms with E-state index in [0.717, 1.165) is 19.6 Å². The van der Waals surface area contributed by atoms with Gasteiger partial charge < -0.3 is 4.90 Å². The van der Waals surface area contributed by atoms with Crippen LogP contribution in [0.5, 0.6) is 0 Å². The monoisotopic (exact) mass is 320 g/mol. The number of carbonyl (C=O) groups is 1. The molecule has 2 fully saturated rings. The molecule has 1 aliphatic heterocycles. The quantitative estimate of drug-likeness (QED) is 0.865. The molecule has 1 atom stereocenters. The number of rotatable bonds is 4. The first-order valence-electron chi connectivity index (χ1n) is 8.77. The molecule has 0 spiro atoms. The number of nitrogens with zero attached hydrogens (tertiary/aromatic N) is 2. The minimum Gasteiger partial charge on any atom is -0.343 e. The minimum atomic E-state index is 0.120. The third kappa shape index (κ3) is 2.63. The summed E-state index contributed by atoms with van der Waals surface area (Å²) in [7, 11) is 1.90. The van der Waals surface area contributed by atoms with Gasteiger partial charge in [0.25, 0.3) is 0 Å². The SMILES string of the molecule is CN1CCN(CC2CC2(c2ccccc2)c2ccccc2)CC1=O. The number of benzene rings is 2. The van der Waals surface area contributed by atoms with Crippen molar-refractivity contribution in [2.45, 2.75) is 11.8 Å². The summed E-state index contributed by atoms with van der Waals surface area (Å²) >= 11 is 0. The summed E-state index contributed by atoms with van der Waals surface area (Å²) in [4.78, 5) is 16.2. The second kappa shape index (κ2) is 6.06. The first kappa shape index (κ1) is 15.4. The van der Waals surface area contributed by atoms with Crippen LogP contribution in [0.15, 0.2) is 60.7 Å². The van der Waals surface area contributed by atoms with Crippen LogP contribution in [0.2, 0.25) is 0 Å². The number of hydrogen-bond donors (Lipinski definition) is 0. The number of carbonyl (C=O) groups excluding carboxylic acids is 1. The third-order valence-corrected chi connectivity index (χ3v) is 5.70. The summed E-state index contributed by atoms with van der Waals surface area (Å²) in [6, 6.07) is 21.7. The molecule has 0 N–H and O–H groups in total. The fourth-order valence-corrected chi connectivity index (χ4v) is 4.17. The van der Waals surface area contributed by atoms with Crippen LogP contribution in [0.4, 0.5) is 0 Å². The van der Waals surface area contributed by atoms with E-state index < -0.39 is 0 Å². The molecule has 1 aliphatic carbocycles. The molecule has 1 unspecified atom stereocenters. The molecule has 1 amide bonds. The van der Waals surface area contributed by atoms with Crippen LogP contribution in [0.1, 0.15) is 17.5 Å². The van der Waals surface area contributed by atoms with Gasteiger partial charge in [0.1, 0.15) is 0 Å². The van der Waals surface area contributed by atoms with E-state index in [2.05, 4.69) is 65.6 Å². The Hall–Kier alpha value is -2.13. The Morgan fingerprint density at radius 1 is 0.958 bits per heavy atom. The molecule has 2 aromatic rings. The van der Waals surface area contributed by atoms with E-state index in [9.17, 15) is 4.79 Å². The molecule has 3 nitrogen and oxygen atoms in total. The van der Waals surface area contributed by atoms with E-state index in [0.29, 0.717) is 12.5 Å². The first-order chi connectivity index (χ1) is 11.7. The zero-order chi connectivity index (χ0) is 16.6. The van der Waals surface area contributed by atoms with Crippen molar-refractivity contribution in [3.05, 3.63) is 71.8 Å². The molecule has 0 radical (unpaired) electrons. The van der Waals surface area contributed by atoms with Crippen LogP contribution >= 0.6 is 0 Å². The van der Waals surface area contributed by atoms with Gasteiger partial charge >= 0.3 is 0 Å². The van der Waals surface area contributed by atoms with Crippen molar-refractivity contribution in [3.8, 4) is 0 Å². The smallest absolute Gasteiger partial charge is 0.236 e.